The minimum Gasteiger partial charge on any atom is -0.288 e. The summed E-state index contributed by atoms with van der Waals surface area (Å²) in [6, 6.07) is 9.90. The quantitative estimate of drug-likeness (QED) is 0.782. The molecule has 3 heteroatoms. The Morgan fingerprint density at radius 2 is 1.87 bits per heavy atom. The molecule has 0 aliphatic heterocycles. The molecule has 1 aromatic carbocycles. The molecule has 0 saturated carbocycles. The average Bonchev–Trinajstić information content (AvgIpc) is 2.26. The highest BCUT2D eigenvalue weighted by Gasteiger charge is 2.03. The number of rotatable bonds is 2. The van der Waals surface area contributed by atoms with Gasteiger partial charge in [-0.2, -0.15) is 11.3 Å². The molecule has 0 amide bonds. The molecule has 0 radical (unpaired) electrons. The third-order valence-electron chi connectivity index (χ3n) is 2.13. The van der Waals surface area contributed by atoms with Gasteiger partial charge in [-0.25, -0.2) is 0 Å². The first-order valence-electron chi connectivity index (χ1n) is 4.56. The molecular formula is C12H9ClOS. The predicted octanol–water partition coefficient (Wildman–Crippen LogP) is 3.35. The van der Waals surface area contributed by atoms with E-state index in [2.05, 4.69) is 0 Å². The van der Waals surface area contributed by atoms with Crippen molar-refractivity contribution in [3.63, 3.8) is 0 Å². The Labute approximate surface area is 97.0 Å². The van der Waals surface area contributed by atoms with E-state index in [1.807, 2.05) is 35.7 Å². The van der Waals surface area contributed by atoms with Crippen molar-refractivity contribution >= 4 is 22.9 Å². The zero-order valence-electron chi connectivity index (χ0n) is 7.94. The van der Waals surface area contributed by atoms with E-state index in [4.69, 9.17) is 11.6 Å². The molecule has 0 bridgehead atoms. The van der Waals surface area contributed by atoms with Crippen LogP contribution in [0.25, 0.3) is 0 Å². The smallest absolute Gasteiger partial charge is 0.202 e. The van der Waals surface area contributed by atoms with E-state index in [-0.39, 0.29) is 5.43 Å². The molecule has 0 unspecified atom stereocenters. The molecular weight excluding hydrogens is 228 g/mol. The maximum atomic E-state index is 11.6. The van der Waals surface area contributed by atoms with Crippen LogP contribution in [-0.4, -0.2) is 0 Å². The molecule has 2 aromatic rings. The summed E-state index contributed by atoms with van der Waals surface area (Å²) in [4.78, 5) is 11.6. The Morgan fingerprint density at radius 3 is 2.60 bits per heavy atom. The summed E-state index contributed by atoms with van der Waals surface area (Å²) in [5.74, 6) is 0. The van der Waals surface area contributed by atoms with Crippen molar-refractivity contribution in [2.24, 2.45) is 0 Å². The fourth-order valence-electron chi connectivity index (χ4n) is 1.37. The Bertz CT molecular complexity index is 505. The molecule has 0 aliphatic rings. The van der Waals surface area contributed by atoms with Gasteiger partial charge in [0, 0.05) is 17.4 Å². The van der Waals surface area contributed by atoms with Crippen molar-refractivity contribution in [1.29, 1.82) is 0 Å². The molecule has 76 valence electrons. The second-order valence-corrected chi connectivity index (χ2v) is 4.39. The zero-order chi connectivity index (χ0) is 10.7. The first-order valence-corrected chi connectivity index (χ1v) is 5.88. The van der Waals surface area contributed by atoms with Crippen LogP contribution in [0.15, 0.2) is 45.9 Å². The number of hydrogen-bond donors (Lipinski definition) is 0. The van der Waals surface area contributed by atoms with Crippen LogP contribution in [0.3, 0.4) is 0 Å². The monoisotopic (exact) mass is 236 g/mol. The third-order valence-corrected chi connectivity index (χ3v) is 3.33. The molecule has 0 spiro atoms. The Balaban J connectivity index is 2.33. The van der Waals surface area contributed by atoms with Crippen molar-refractivity contribution in [1.82, 2.24) is 0 Å². The van der Waals surface area contributed by atoms with Gasteiger partial charge in [-0.1, -0.05) is 41.9 Å². The van der Waals surface area contributed by atoms with Gasteiger partial charge in [-0.15, -0.1) is 0 Å². The van der Waals surface area contributed by atoms with Crippen molar-refractivity contribution in [2.75, 3.05) is 0 Å². The maximum Gasteiger partial charge on any atom is 0.202 e. The molecule has 0 N–H and O–H groups in total. The van der Waals surface area contributed by atoms with Crippen molar-refractivity contribution in [3.8, 4) is 0 Å². The fourth-order valence-corrected chi connectivity index (χ4v) is 2.30. The number of benzene rings is 1. The fraction of sp³-hybridized carbons (Fsp3) is 0.0833. The van der Waals surface area contributed by atoms with Crippen molar-refractivity contribution < 1.29 is 0 Å². The molecule has 0 saturated heterocycles. The van der Waals surface area contributed by atoms with Crippen molar-refractivity contribution in [2.45, 2.75) is 6.42 Å². The van der Waals surface area contributed by atoms with Crippen molar-refractivity contribution in [3.05, 3.63) is 67.5 Å². The highest BCUT2D eigenvalue weighted by atomic mass is 35.5. The van der Waals surface area contributed by atoms with Gasteiger partial charge in [0.05, 0.1) is 5.02 Å². The van der Waals surface area contributed by atoms with Crippen LogP contribution in [0.4, 0.5) is 0 Å². The minimum atomic E-state index is -0.0562. The molecule has 1 nitrogen and oxygen atoms in total. The second-order valence-electron chi connectivity index (χ2n) is 3.24. The molecule has 0 fully saturated rings. The minimum absolute atomic E-state index is 0.0562. The van der Waals surface area contributed by atoms with Crippen LogP contribution in [0.1, 0.15) is 11.1 Å². The summed E-state index contributed by atoms with van der Waals surface area (Å²) in [6.45, 7) is 0. The summed E-state index contributed by atoms with van der Waals surface area (Å²) in [6.07, 6.45) is 0.650. The van der Waals surface area contributed by atoms with Crippen LogP contribution in [0.5, 0.6) is 0 Å². The maximum absolute atomic E-state index is 11.6. The first-order chi connectivity index (χ1) is 7.27. The topological polar surface area (TPSA) is 17.1 Å². The van der Waals surface area contributed by atoms with E-state index in [0.717, 1.165) is 11.1 Å². The van der Waals surface area contributed by atoms with Gasteiger partial charge < -0.3 is 0 Å². The molecule has 15 heavy (non-hydrogen) atoms. The Morgan fingerprint density at radius 1 is 1.13 bits per heavy atom. The van der Waals surface area contributed by atoms with Crippen LogP contribution in [0.2, 0.25) is 5.02 Å². The van der Waals surface area contributed by atoms with Gasteiger partial charge in [0.2, 0.25) is 5.43 Å². The highest BCUT2D eigenvalue weighted by molar-refractivity contribution is 7.08. The molecule has 0 aliphatic carbocycles. The lowest BCUT2D eigenvalue weighted by Crippen LogP contribution is -2.07. The van der Waals surface area contributed by atoms with E-state index >= 15 is 0 Å². The summed E-state index contributed by atoms with van der Waals surface area (Å²) >= 11 is 7.24. The molecule has 2 rings (SSSR count). The number of halogens is 1. The van der Waals surface area contributed by atoms with E-state index in [9.17, 15) is 4.79 Å². The van der Waals surface area contributed by atoms with Crippen LogP contribution < -0.4 is 5.43 Å². The average molecular weight is 237 g/mol. The van der Waals surface area contributed by atoms with Crippen LogP contribution >= 0.6 is 22.9 Å². The lowest BCUT2D eigenvalue weighted by Gasteiger charge is -2.00. The van der Waals surface area contributed by atoms with Crippen LogP contribution in [-0.2, 0) is 6.42 Å². The lowest BCUT2D eigenvalue weighted by atomic mass is 10.1. The van der Waals surface area contributed by atoms with Gasteiger partial charge in [-0.3, -0.25) is 4.79 Å². The third kappa shape index (κ3) is 2.46. The normalized spacial score (nSPS) is 10.2. The van der Waals surface area contributed by atoms with Gasteiger partial charge in [0.15, 0.2) is 0 Å². The highest BCUT2D eigenvalue weighted by Crippen LogP contribution is 2.11. The first kappa shape index (κ1) is 10.4. The lowest BCUT2D eigenvalue weighted by molar-refractivity contribution is 1.18. The van der Waals surface area contributed by atoms with Gasteiger partial charge in [0.1, 0.15) is 0 Å². The molecule has 1 heterocycles. The summed E-state index contributed by atoms with van der Waals surface area (Å²) < 4.78 is 0. The standard InChI is InChI=1S/C12H9ClOS/c13-11-8-15-7-10(12(11)14)6-9-4-2-1-3-5-9/h1-5,7-8H,6H2. The molecule has 0 atom stereocenters. The van der Waals surface area contributed by atoms with E-state index in [1.165, 1.54) is 11.3 Å². The second kappa shape index (κ2) is 4.60. The van der Waals surface area contributed by atoms with E-state index in [0.29, 0.717) is 11.4 Å². The van der Waals surface area contributed by atoms with Crippen LogP contribution in [0, 0.1) is 0 Å². The molecule has 1 aromatic heterocycles. The Kier molecular flexibility index (Phi) is 3.19. The van der Waals surface area contributed by atoms with Gasteiger partial charge >= 0.3 is 0 Å². The van der Waals surface area contributed by atoms with Gasteiger partial charge in [-0.05, 0) is 10.9 Å². The van der Waals surface area contributed by atoms with E-state index < -0.39 is 0 Å². The largest absolute Gasteiger partial charge is 0.288 e. The summed E-state index contributed by atoms with van der Waals surface area (Å²) in [5, 5.41) is 3.84. The van der Waals surface area contributed by atoms with Gasteiger partial charge in [0.25, 0.3) is 0 Å². The summed E-state index contributed by atoms with van der Waals surface area (Å²) in [5.41, 5.74) is 1.84. The summed E-state index contributed by atoms with van der Waals surface area (Å²) in [7, 11) is 0. The predicted molar refractivity (Wildman–Crippen MR) is 64.8 cm³/mol. The SMILES string of the molecule is O=c1c(Cl)cscc1Cc1ccccc1. The Hall–Kier alpha value is -1.12. The zero-order valence-corrected chi connectivity index (χ0v) is 9.52. The number of hydrogen-bond acceptors (Lipinski definition) is 2. The van der Waals surface area contributed by atoms with E-state index in [1.54, 1.807) is 5.38 Å².